The van der Waals surface area contributed by atoms with Crippen molar-refractivity contribution in [3.05, 3.63) is 17.5 Å². The van der Waals surface area contributed by atoms with Gasteiger partial charge in [0, 0.05) is 44.9 Å². The Morgan fingerprint density at radius 3 is 2.96 bits per heavy atom. The van der Waals surface area contributed by atoms with Crippen LogP contribution in [0.2, 0.25) is 0 Å². The first kappa shape index (κ1) is 14.9. The van der Waals surface area contributed by atoms with E-state index < -0.39 is 0 Å². The van der Waals surface area contributed by atoms with E-state index in [0.29, 0.717) is 19.1 Å². The molecule has 2 fully saturated rings. The van der Waals surface area contributed by atoms with E-state index in [1.54, 1.807) is 0 Å². The molecule has 1 amide bonds. The van der Waals surface area contributed by atoms with Gasteiger partial charge in [0.1, 0.15) is 0 Å². The van der Waals surface area contributed by atoms with E-state index in [9.17, 15) is 4.79 Å². The third-order valence-corrected chi connectivity index (χ3v) is 5.51. The number of nitrogens with zero attached hydrogens (tertiary/aromatic N) is 4. The number of rotatable bonds is 2. The highest BCUT2D eigenvalue weighted by molar-refractivity contribution is 5.80. The highest BCUT2D eigenvalue weighted by atomic mass is 16.5. The standard InChI is InChI=1S/C17H24N4O2/c1-20(2)16-18-8-13-9-23-11-17(14(13)19-16)6-7-21(10-17)15(22)12-4-3-5-12/h8,12H,3-7,9-11H2,1-2H3. The van der Waals surface area contributed by atoms with Crippen molar-refractivity contribution in [2.45, 2.75) is 37.7 Å². The van der Waals surface area contributed by atoms with E-state index >= 15 is 0 Å². The fourth-order valence-electron chi connectivity index (χ4n) is 3.89. The molecule has 124 valence electrons. The van der Waals surface area contributed by atoms with E-state index in [-0.39, 0.29) is 11.3 Å². The molecule has 1 saturated carbocycles. The zero-order chi connectivity index (χ0) is 16.0. The molecule has 2 aliphatic heterocycles. The van der Waals surface area contributed by atoms with Crippen molar-refractivity contribution in [2.75, 3.05) is 38.7 Å². The number of carbonyl (C=O) groups is 1. The Balaban J connectivity index is 1.63. The van der Waals surface area contributed by atoms with Crippen LogP contribution in [0.15, 0.2) is 6.20 Å². The maximum Gasteiger partial charge on any atom is 0.225 e. The molecule has 1 unspecified atom stereocenters. The Morgan fingerprint density at radius 2 is 2.26 bits per heavy atom. The number of carbonyl (C=O) groups excluding carboxylic acids is 1. The molecule has 6 nitrogen and oxygen atoms in total. The van der Waals surface area contributed by atoms with Gasteiger partial charge in [-0.2, -0.15) is 0 Å². The third-order valence-electron chi connectivity index (χ3n) is 5.51. The maximum atomic E-state index is 12.6. The number of aromatic nitrogens is 2. The van der Waals surface area contributed by atoms with Crippen molar-refractivity contribution < 1.29 is 9.53 Å². The molecule has 3 heterocycles. The van der Waals surface area contributed by atoms with Crippen LogP contribution in [0.1, 0.15) is 36.9 Å². The smallest absolute Gasteiger partial charge is 0.225 e. The molecule has 4 rings (SSSR count). The summed E-state index contributed by atoms with van der Waals surface area (Å²) in [5, 5.41) is 0. The van der Waals surface area contributed by atoms with Crippen LogP contribution in [0.4, 0.5) is 5.95 Å². The van der Waals surface area contributed by atoms with Crippen molar-refractivity contribution in [2.24, 2.45) is 5.92 Å². The van der Waals surface area contributed by atoms with Gasteiger partial charge in [0.15, 0.2) is 0 Å². The van der Waals surface area contributed by atoms with E-state index in [4.69, 9.17) is 9.72 Å². The minimum Gasteiger partial charge on any atom is -0.376 e. The summed E-state index contributed by atoms with van der Waals surface area (Å²) in [6.45, 7) is 2.78. The monoisotopic (exact) mass is 316 g/mol. The fraction of sp³-hybridized carbons (Fsp3) is 0.706. The van der Waals surface area contributed by atoms with E-state index in [1.807, 2.05) is 30.1 Å². The second kappa shape index (κ2) is 5.44. The number of ether oxygens (including phenoxy) is 1. The summed E-state index contributed by atoms with van der Waals surface area (Å²) in [6.07, 6.45) is 6.13. The second-order valence-corrected chi connectivity index (χ2v) is 7.35. The van der Waals surface area contributed by atoms with E-state index in [2.05, 4.69) is 4.98 Å². The van der Waals surface area contributed by atoms with Crippen molar-refractivity contribution in [3.63, 3.8) is 0 Å². The minimum absolute atomic E-state index is 0.152. The lowest BCUT2D eigenvalue weighted by Crippen LogP contribution is -2.44. The van der Waals surface area contributed by atoms with Gasteiger partial charge in [-0.25, -0.2) is 9.97 Å². The summed E-state index contributed by atoms with van der Waals surface area (Å²) in [5.41, 5.74) is 2.01. The molecule has 6 heteroatoms. The lowest BCUT2D eigenvalue weighted by Gasteiger charge is -2.35. The Labute approximate surface area is 136 Å². The molecule has 0 aromatic carbocycles. The van der Waals surface area contributed by atoms with Gasteiger partial charge < -0.3 is 14.5 Å². The molecular formula is C17H24N4O2. The predicted octanol–water partition coefficient (Wildman–Crippen LogP) is 1.34. The van der Waals surface area contributed by atoms with Crippen molar-refractivity contribution in [1.82, 2.24) is 14.9 Å². The summed E-state index contributed by atoms with van der Waals surface area (Å²) < 4.78 is 5.83. The number of fused-ring (bicyclic) bond motifs is 2. The fourth-order valence-corrected chi connectivity index (χ4v) is 3.89. The first-order valence-electron chi connectivity index (χ1n) is 8.49. The Kier molecular flexibility index (Phi) is 3.52. The van der Waals surface area contributed by atoms with Gasteiger partial charge in [-0.1, -0.05) is 6.42 Å². The zero-order valence-electron chi connectivity index (χ0n) is 13.9. The molecule has 0 bridgehead atoms. The molecule has 0 N–H and O–H groups in total. The average molecular weight is 316 g/mol. The van der Waals surface area contributed by atoms with Gasteiger partial charge in [0.25, 0.3) is 0 Å². The van der Waals surface area contributed by atoms with Crippen LogP contribution in [0.5, 0.6) is 0 Å². The van der Waals surface area contributed by atoms with Crippen LogP contribution in [-0.2, 0) is 21.6 Å². The first-order chi connectivity index (χ1) is 11.1. The molecule has 0 radical (unpaired) electrons. The first-order valence-corrected chi connectivity index (χ1v) is 8.49. The molecule has 1 aliphatic carbocycles. The summed E-state index contributed by atoms with van der Waals surface area (Å²) in [4.78, 5) is 25.8. The molecule has 1 atom stereocenters. The number of hydrogen-bond acceptors (Lipinski definition) is 5. The van der Waals surface area contributed by atoms with Gasteiger partial charge in [-0.3, -0.25) is 4.79 Å². The second-order valence-electron chi connectivity index (χ2n) is 7.35. The number of anilines is 1. The predicted molar refractivity (Wildman–Crippen MR) is 86.2 cm³/mol. The van der Waals surface area contributed by atoms with Crippen LogP contribution < -0.4 is 4.90 Å². The zero-order valence-corrected chi connectivity index (χ0v) is 13.9. The highest BCUT2D eigenvalue weighted by Gasteiger charge is 2.47. The molecule has 1 spiro atoms. The lowest BCUT2D eigenvalue weighted by molar-refractivity contribution is -0.137. The quantitative estimate of drug-likeness (QED) is 0.824. The lowest BCUT2D eigenvalue weighted by atomic mass is 9.80. The summed E-state index contributed by atoms with van der Waals surface area (Å²) >= 11 is 0. The van der Waals surface area contributed by atoms with Crippen LogP contribution >= 0.6 is 0 Å². The van der Waals surface area contributed by atoms with E-state index in [1.165, 1.54) is 6.42 Å². The molecule has 1 saturated heterocycles. The minimum atomic E-state index is -0.152. The average Bonchev–Trinajstić information content (AvgIpc) is 2.90. The van der Waals surface area contributed by atoms with Crippen molar-refractivity contribution in [3.8, 4) is 0 Å². The number of likely N-dealkylation sites (tertiary alicyclic amines) is 1. The summed E-state index contributed by atoms with van der Waals surface area (Å²) in [7, 11) is 3.91. The Morgan fingerprint density at radius 1 is 1.43 bits per heavy atom. The van der Waals surface area contributed by atoms with Crippen LogP contribution in [-0.4, -0.2) is 54.6 Å². The highest BCUT2D eigenvalue weighted by Crippen LogP contribution is 2.41. The largest absolute Gasteiger partial charge is 0.376 e. The number of amides is 1. The number of hydrogen-bond donors (Lipinski definition) is 0. The van der Waals surface area contributed by atoms with Crippen molar-refractivity contribution in [1.29, 1.82) is 0 Å². The maximum absolute atomic E-state index is 12.6. The van der Waals surface area contributed by atoms with Gasteiger partial charge in [-0.05, 0) is 19.3 Å². The normalized spacial score (nSPS) is 27.0. The summed E-state index contributed by atoms with van der Waals surface area (Å²) in [5.74, 6) is 1.33. The van der Waals surface area contributed by atoms with Gasteiger partial charge in [-0.15, -0.1) is 0 Å². The molecule has 23 heavy (non-hydrogen) atoms. The van der Waals surface area contributed by atoms with Gasteiger partial charge in [0.05, 0.1) is 24.3 Å². The van der Waals surface area contributed by atoms with Crippen LogP contribution in [0.3, 0.4) is 0 Å². The van der Waals surface area contributed by atoms with Crippen molar-refractivity contribution >= 4 is 11.9 Å². The topological polar surface area (TPSA) is 58.6 Å². The molecule has 3 aliphatic rings. The van der Waals surface area contributed by atoms with E-state index in [0.717, 1.165) is 49.6 Å². The molecule has 1 aromatic heterocycles. The van der Waals surface area contributed by atoms with Crippen LogP contribution in [0, 0.1) is 5.92 Å². The Bertz CT molecular complexity index is 629. The van der Waals surface area contributed by atoms with Gasteiger partial charge >= 0.3 is 0 Å². The van der Waals surface area contributed by atoms with Gasteiger partial charge in [0.2, 0.25) is 11.9 Å². The molecule has 1 aromatic rings. The SMILES string of the molecule is CN(C)c1ncc2c(n1)C1(CCN(C(=O)C3CCC3)C1)COC2. The molecular weight excluding hydrogens is 292 g/mol. The summed E-state index contributed by atoms with van der Waals surface area (Å²) in [6, 6.07) is 0. The third kappa shape index (κ3) is 2.40. The van der Waals surface area contributed by atoms with Crippen LogP contribution in [0.25, 0.3) is 0 Å². The Hall–Kier alpha value is -1.69.